The zero-order chi connectivity index (χ0) is 23.2. The Balaban J connectivity index is 1.62. The number of fused-ring (bicyclic) bond motifs is 1. The SMILES string of the molecule is CCc1nc2c(cnn2CC)c(NC2CCOCC2)c1CNC(=O)Cc1ccccc1OC. The number of rotatable bonds is 9. The number of aromatic nitrogens is 3. The van der Waals surface area contributed by atoms with Crippen LogP contribution < -0.4 is 15.4 Å². The van der Waals surface area contributed by atoms with Crippen molar-refractivity contribution in [1.82, 2.24) is 20.1 Å². The molecule has 1 aliphatic heterocycles. The monoisotopic (exact) mass is 451 g/mol. The fourth-order valence-electron chi connectivity index (χ4n) is 4.37. The maximum absolute atomic E-state index is 12.8. The molecule has 8 heteroatoms. The van der Waals surface area contributed by atoms with Crippen LogP contribution in [-0.2, 0) is 35.5 Å². The van der Waals surface area contributed by atoms with E-state index in [9.17, 15) is 4.79 Å². The number of carbonyl (C=O) groups excluding carboxylic acids is 1. The fourth-order valence-corrected chi connectivity index (χ4v) is 4.37. The fraction of sp³-hybridized carbons (Fsp3) is 0.480. The highest BCUT2D eigenvalue weighted by atomic mass is 16.5. The second-order valence-electron chi connectivity index (χ2n) is 8.26. The van der Waals surface area contributed by atoms with Crippen LogP contribution in [0.5, 0.6) is 5.75 Å². The molecule has 0 atom stereocenters. The number of amides is 1. The highest BCUT2D eigenvalue weighted by Crippen LogP contribution is 2.31. The molecule has 0 unspecified atom stereocenters. The molecule has 1 amide bonds. The summed E-state index contributed by atoms with van der Waals surface area (Å²) in [5.74, 6) is 0.668. The van der Waals surface area contributed by atoms with Crippen molar-refractivity contribution >= 4 is 22.6 Å². The van der Waals surface area contributed by atoms with Gasteiger partial charge in [0.15, 0.2) is 5.65 Å². The van der Waals surface area contributed by atoms with Crippen molar-refractivity contribution in [2.24, 2.45) is 0 Å². The van der Waals surface area contributed by atoms with E-state index in [2.05, 4.69) is 29.6 Å². The van der Waals surface area contributed by atoms with E-state index in [1.807, 2.05) is 35.1 Å². The van der Waals surface area contributed by atoms with Crippen molar-refractivity contribution in [2.75, 3.05) is 25.6 Å². The Hall–Kier alpha value is -3.13. The van der Waals surface area contributed by atoms with E-state index < -0.39 is 0 Å². The molecule has 1 fully saturated rings. The Labute approximate surface area is 194 Å². The highest BCUT2D eigenvalue weighted by Gasteiger charge is 2.22. The number of para-hydroxylation sites is 1. The predicted molar refractivity (Wildman–Crippen MR) is 129 cm³/mol. The Kier molecular flexibility index (Phi) is 7.44. The number of hydrogen-bond acceptors (Lipinski definition) is 6. The van der Waals surface area contributed by atoms with Gasteiger partial charge in [-0.3, -0.25) is 4.79 Å². The van der Waals surface area contributed by atoms with Crippen LogP contribution in [0, 0.1) is 0 Å². The molecule has 0 aliphatic carbocycles. The minimum absolute atomic E-state index is 0.0529. The van der Waals surface area contributed by atoms with Gasteiger partial charge in [-0.1, -0.05) is 25.1 Å². The largest absolute Gasteiger partial charge is 0.496 e. The van der Waals surface area contributed by atoms with E-state index in [0.717, 1.165) is 78.3 Å². The second kappa shape index (κ2) is 10.7. The topological polar surface area (TPSA) is 90.3 Å². The molecule has 0 saturated carbocycles. The molecule has 8 nitrogen and oxygen atoms in total. The van der Waals surface area contributed by atoms with Crippen molar-refractivity contribution in [3.63, 3.8) is 0 Å². The van der Waals surface area contributed by atoms with Crippen molar-refractivity contribution in [1.29, 1.82) is 0 Å². The molecule has 176 valence electrons. The van der Waals surface area contributed by atoms with E-state index in [1.54, 1.807) is 7.11 Å². The first-order chi connectivity index (χ1) is 16.1. The molecule has 2 aromatic heterocycles. The molecule has 0 spiro atoms. The maximum atomic E-state index is 12.8. The van der Waals surface area contributed by atoms with Gasteiger partial charge in [0.1, 0.15) is 5.75 Å². The van der Waals surface area contributed by atoms with Gasteiger partial charge in [0.2, 0.25) is 5.91 Å². The third-order valence-corrected chi connectivity index (χ3v) is 6.18. The zero-order valence-electron chi connectivity index (χ0n) is 19.7. The molecule has 33 heavy (non-hydrogen) atoms. The van der Waals surface area contributed by atoms with Gasteiger partial charge >= 0.3 is 0 Å². The summed E-state index contributed by atoms with van der Waals surface area (Å²) < 4.78 is 12.9. The number of methoxy groups -OCH3 is 1. The molecule has 1 saturated heterocycles. The number of pyridine rings is 1. The summed E-state index contributed by atoms with van der Waals surface area (Å²) in [6.07, 6.45) is 4.81. The number of anilines is 1. The standard InChI is InChI=1S/C25H33N5O3/c1-4-21-19(15-26-23(31)14-17-8-6-7-9-22(17)32-3)24(28-18-10-12-33-13-11-18)20-16-27-30(5-2)25(20)29-21/h6-9,16,18H,4-5,10-15H2,1-3H3,(H,26,31)(H,28,29). The second-order valence-corrected chi connectivity index (χ2v) is 8.26. The lowest BCUT2D eigenvalue weighted by Crippen LogP contribution is -2.30. The predicted octanol–water partition coefficient (Wildman–Crippen LogP) is 3.47. The molecule has 3 aromatic rings. The van der Waals surface area contributed by atoms with Gasteiger partial charge in [0, 0.05) is 49.2 Å². The van der Waals surface area contributed by atoms with E-state index >= 15 is 0 Å². The molecule has 3 heterocycles. The first kappa shape index (κ1) is 23.0. The van der Waals surface area contributed by atoms with Crippen molar-refractivity contribution in [2.45, 2.75) is 58.7 Å². The number of aryl methyl sites for hydroxylation is 2. The van der Waals surface area contributed by atoms with Crippen LogP contribution in [0.1, 0.15) is 43.5 Å². The smallest absolute Gasteiger partial charge is 0.224 e. The van der Waals surface area contributed by atoms with Crippen LogP contribution in [0.4, 0.5) is 5.69 Å². The Morgan fingerprint density at radius 1 is 1.24 bits per heavy atom. The van der Waals surface area contributed by atoms with E-state index in [0.29, 0.717) is 12.6 Å². The molecule has 1 aliphatic rings. The summed E-state index contributed by atoms with van der Waals surface area (Å²) in [7, 11) is 1.62. The number of nitrogens with one attached hydrogen (secondary N) is 2. The van der Waals surface area contributed by atoms with Crippen molar-refractivity contribution in [3.05, 3.63) is 47.3 Å². The van der Waals surface area contributed by atoms with Crippen LogP contribution in [-0.4, -0.2) is 47.0 Å². The van der Waals surface area contributed by atoms with Crippen LogP contribution in [0.2, 0.25) is 0 Å². The van der Waals surface area contributed by atoms with Gasteiger partial charge < -0.3 is 20.1 Å². The molecule has 1 aromatic carbocycles. The summed E-state index contributed by atoms with van der Waals surface area (Å²) >= 11 is 0. The lowest BCUT2D eigenvalue weighted by atomic mass is 10.0. The maximum Gasteiger partial charge on any atom is 0.224 e. The lowest BCUT2D eigenvalue weighted by Gasteiger charge is -2.26. The minimum atomic E-state index is -0.0529. The van der Waals surface area contributed by atoms with Crippen LogP contribution in [0.3, 0.4) is 0 Å². The normalized spacial score (nSPS) is 14.4. The number of hydrogen-bond donors (Lipinski definition) is 2. The quantitative estimate of drug-likeness (QED) is 0.518. The lowest BCUT2D eigenvalue weighted by molar-refractivity contribution is -0.120. The van der Waals surface area contributed by atoms with E-state index in [1.165, 1.54) is 0 Å². The summed E-state index contributed by atoms with van der Waals surface area (Å²) in [5.41, 5.74) is 4.78. The summed E-state index contributed by atoms with van der Waals surface area (Å²) in [6.45, 7) is 6.84. The third kappa shape index (κ3) is 5.11. The van der Waals surface area contributed by atoms with Crippen LogP contribution in [0.25, 0.3) is 11.0 Å². The van der Waals surface area contributed by atoms with Gasteiger partial charge in [-0.15, -0.1) is 0 Å². The number of nitrogens with zero attached hydrogens (tertiary/aromatic N) is 3. The van der Waals surface area contributed by atoms with Gasteiger partial charge in [-0.2, -0.15) is 5.10 Å². The Bertz CT molecular complexity index is 1100. The number of ether oxygens (including phenoxy) is 2. The van der Waals surface area contributed by atoms with Crippen LogP contribution in [0.15, 0.2) is 30.5 Å². The van der Waals surface area contributed by atoms with E-state index in [4.69, 9.17) is 14.5 Å². The molecule has 0 radical (unpaired) electrons. The zero-order valence-corrected chi connectivity index (χ0v) is 19.7. The first-order valence-corrected chi connectivity index (χ1v) is 11.7. The third-order valence-electron chi connectivity index (χ3n) is 6.18. The molecule has 0 bridgehead atoms. The molecule has 4 rings (SSSR count). The summed E-state index contributed by atoms with van der Waals surface area (Å²) in [4.78, 5) is 17.8. The van der Waals surface area contributed by atoms with Gasteiger partial charge in [-0.25, -0.2) is 9.67 Å². The van der Waals surface area contributed by atoms with Crippen LogP contribution >= 0.6 is 0 Å². The molecule has 2 N–H and O–H groups in total. The Morgan fingerprint density at radius 2 is 2.03 bits per heavy atom. The molecular weight excluding hydrogens is 418 g/mol. The molecular formula is C25H33N5O3. The van der Waals surface area contributed by atoms with Crippen molar-refractivity contribution < 1.29 is 14.3 Å². The van der Waals surface area contributed by atoms with Crippen molar-refractivity contribution in [3.8, 4) is 5.75 Å². The first-order valence-electron chi connectivity index (χ1n) is 11.7. The van der Waals surface area contributed by atoms with Gasteiger partial charge in [0.05, 0.1) is 30.8 Å². The van der Waals surface area contributed by atoms with Gasteiger partial charge in [-0.05, 0) is 32.3 Å². The number of benzene rings is 1. The minimum Gasteiger partial charge on any atom is -0.496 e. The highest BCUT2D eigenvalue weighted by molar-refractivity contribution is 5.92. The average molecular weight is 452 g/mol. The van der Waals surface area contributed by atoms with E-state index in [-0.39, 0.29) is 12.3 Å². The van der Waals surface area contributed by atoms with Gasteiger partial charge in [0.25, 0.3) is 0 Å². The number of carbonyl (C=O) groups is 1. The summed E-state index contributed by atoms with van der Waals surface area (Å²) in [6, 6.07) is 7.93. The summed E-state index contributed by atoms with van der Waals surface area (Å²) in [5, 5.41) is 12.4. The average Bonchev–Trinajstić information content (AvgIpc) is 3.27. The Morgan fingerprint density at radius 3 is 2.76 bits per heavy atom.